The Hall–Kier alpha value is -6.44. The van der Waals surface area contributed by atoms with Crippen LogP contribution in [0.4, 0.5) is 17.1 Å². The number of fused-ring (bicyclic) bond motifs is 13. The molecule has 0 bridgehead atoms. The molecule has 0 amide bonds. The summed E-state index contributed by atoms with van der Waals surface area (Å²) in [5.41, 5.74) is 21.7. The minimum Gasteiger partial charge on any atom is -0.310 e. The molecule has 0 aliphatic heterocycles. The summed E-state index contributed by atoms with van der Waals surface area (Å²) in [4.78, 5) is 2.40. The lowest BCUT2D eigenvalue weighted by Crippen LogP contribution is -2.26. The molecule has 0 N–H and O–H groups in total. The molecule has 0 saturated heterocycles. The molecule has 0 atom stereocenters. The Morgan fingerprint density at radius 2 is 0.755 bits per heavy atom. The molecule has 1 nitrogen and oxygen atoms in total. The highest BCUT2D eigenvalue weighted by Crippen LogP contribution is 2.64. The second kappa shape index (κ2) is 11.0. The summed E-state index contributed by atoms with van der Waals surface area (Å²) in [5.74, 6) is 0. The first-order valence-electron chi connectivity index (χ1n) is 18.7. The number of hydrogen-bond donors (Lipinski definition) is 0. The van der Waals surface area contributed by atoms with Crippen molar-refractivity contribution in [2.45, 2.75) is 24.7 Å². The van der Waals surface area contributed by atoms with Gasteiger partial charge < -0.3 is 4.90 Å². The lowest BCUT2D eigenvalue weighted by Gasteiger charge is -2.32. The van der Waals surface area contributed by atoms with Gasteiger partial charge in [-0.15, -0.1) is 0 Å². The zero-order valence-corrected chi connectivity index (χ0v) is 29.8. The Kier molecular flexibility index (Phi) is 6.29. The molecule has 3 aliphatic rings. The number of benzene rings is 8. The zero-order valence-electron chi connectivity index (χ0n) is 29.8. The summed E-state index contributed by atoms with van der Waals surface area (Å²) >= 11 is 0. The van der Waals surface area contributed by atoms with E-state index in [-0.39, 0.29) is 10.8 Å². The van der Waals surface area contributed by atoms with Gasteiger partial charge in [-0.25, -0.2) is 0 Å². The standard InChI is InChI=1S/C52H37N/c1-51(2)45-23-10-6-17-39(45)43-32-31-37(33-49(43)51)53(35-15-4-3-5-16-35)36-29-27-34(28-30-36)38-21-14-22-44-42-20-9-13-26-48(42)52(50(38)44)46-24-11-7-18-40(46)41-19-8-12-25-47(41)52/h3-33H,1-2H3. The first-order valence-corrected chi connectivity index (χ1v) is 18.7. The summed E-state index contributed by atoms with van der Waals surface area (Å²) in [6, 6.07) is 70.0. The number of nitrogens with zero attached hydrogens (tertiary/aromatic N) is 1. The molecular weight excluding hydrogens is 639 g/mol. The first kappa shape index (κ1) is 30.2. The van der Waals surface area contributed by atoms with Gasteiger partial charge in [-0.3, -0.25) is 0 Å². The average molecular weight is 676 g/mol. The molecule has 3 aliphatic carbocycles. The molecule has 11 rings (SSSR count). The van der Waals surface area contributed by atoms with Crippen molar-refractivity contribution in [3.63, 3.8) is 0 Å². The Bertz CT molecular complexity index is 2690. The van der Waals surface area contributed by atoms with Gasteiger partial charge in [0.15, 0.2) is 0 Å². The monoisotopic (exact) mass is 675 g/mol. The molecular formula is C52H37N. The van der Waals surface area contributed by atoms with Gasteiger partial charge in [0, 0.05) is 22.5 Å². The quantitative estimate of drug-likeness (QED) is 0.179. The van der Waals surface area contributed by atoms with Crippen LogP contribution in [0.5, 0.6) is 0 Å². The number of hydrogen-bond acceptors (Lipinski definition) is 1. The summed E-state index contributed by atoms with van der Waals surface area (Å²) in [5, 5.41) is 0. The van der Waals surface area contributed by atoms with E-state index in [2.05, 4.69) is 207 Å². The fraction of sp³-hybridized carbons (Fsp3) is 0.0769. The Labute approximate surface area is 311 Å². The van der Waals surface area contributed by atoms with Gasteiger partial charge in [0.25, 0.3) is 0 Å². The summed E-state index contributed by atoms with van der Waals surface area (Å²) in [6.07, 6.45) is 0. The van der Waals surface area contributed by atoms with E-state index in [1.807, 2.05) is 0 Å². The fourth-order valence-corrected chi connectivity index (χ4v) is 10.0. The van der Waals surface area contributed by atoms with E-state index in [9.17, 15) is 0 Å². The lowest BCUT2D eigenvalue weighted by atomic mass is 9.68. The normalized spacial score (nSPS) is 14.5. The molecule has 1 spiro atoms. The van der Waals surface area contributed by atoms with Crippen molar-refractivity contribution in [1.29, 1.82) is 0 Å². The predicted octanol–water partition coefficient (Wildman–Crippen LogP) is 13.5. The van der Waals surface area contributed by atoms with E-state index in [0.29, 0.717) is 0 Å². The van der Waals surface area contributed by atoms with Gasteiger partial charge in [0.05, 0.1) is 5.41 Å². The highest BCUT2D eigenvalue weighted by Gasteiger charge is 2.52. The molecule has 0 fully saturated rings. The second-order valence-corrected chi connectivity index (χ2v) is 15.2. The molecule has 8 aromatic rings. The molecule has 8 aromatic carbocycles. The third-order valence-corrected chi connectivity index (χ3v) is 12.3. The molecule has 0 radical (unpaired) electrons. The van der Waals surface area contributed by atoms with E-state index in [4.69, 9.17) is 0 Å². The molecule has 0 aromatic heterocycles. The van der Waals surface area contributed by atoms with Crippen LogP contribution in [-0.2, 0) is 10.8 Å². The highest BCUT2D eigenvalue weighted by molar-refractivity contribution is 5.99. The second-order valence-electron chi connectivity index (χ2n) is 15.2. The van der Waals surface area contributed by atoms with E-state index < -0.39 is 0 Å². The van der Waals surface area contributed by atoms with Crippen LogP contribution in [0.2, 0.25) is 0 Å². The summed E-state index contributed by atoms with van der Waals surface area (Å²) < 4.78 is 0. The van der Waals surface area contributed by atoms with Gasteiger partial charge in [-0.05, 0) is 114 Å². The van der Waals surface area contributed by atoms with Gasteiger partial charge in [0.2, 0.25) is 0 Å². The largest absolute Gasteiger partial charge is 0.310 e. The Balaban J connectivity index is 1.08. The smallest absolute Gasteiger partial charge is 0.0731 e. The van der Waals surface area contributed by atoms with Crippen molar-refractivity contribution in [2.24, 2.45) is 0 Å². The maximum Gasteiger partial charge on any atom is 0.0731 e. The average Bonchev–Trinajstić information content (AvgIpc) is 3.78. The van der Waals surface area contributed by atoms with Crippen molar-refractivity contribution >= 4 is 17.1 Å². The minimum atomic E-state index is -0.390. The number of anilines is 3. The highest BCUT2D eigenvalue weighted by atomic mass is 15.1. The van der Waals surface area contributed by atoms with E-state index >= 15 is 0 Å². The zero-order chi connectivity index (χ0) is 35.3. The predicted molar refractivity (Wildman–Crippen MR) is 220 cm³/mol. The van der Waals surface area contributed by atoms with Gasteiger partial charge in [-0.1, -0.05) is 166 Å². The van der Waals surface area contributed by atoms with Crippen LogP contribution in [0.1, 0.15) is 47.2 Å². The fourth-order valence-electron chi connectivity index (χ4n) is 10.0. The first-order chi connectivity index (χ1) is 26.1. The molecule has 1 heteroatoms. The van der Waals surface area contributed by atoms with Crippen molar-refractivity contribution in [3.05, 3.63) is 221 Å². The van der Waals surface area contributed by atoms with E-state index in [0.717, 1.165) is 17.1 Å². The van der Waals surface area contributed by atoms with Crippen LogP contribution < -0.4 is 4.90 Å². The Morgan fingerprint density at radius 3 is 1.38 bits per heavy atom. The van der Waals surface area contributed by atoms with Crippen LogP contribution in [0.3, 0.4) is 0 Å². The SMILES string of the molecule is CC1(C)c2ccccc2-c2ccc(N(c3ccccc3)c3ccc(-c4cccc5c4C4(c6ccccc6-c6ccccc64)c4ccccc4-5)cc3)cc21. The van der Waals surface area contributed by atoms with Gasteiger partial charge in [-0.2, -0.15) is 0 Å². The van der Waals surface area contributed by atoms with Crippen LogP contribution in [0.15, 0.2) is 188 Å². The van der Waals surface area contributed by atoms with Gasteiger partial charge in [0.1, 0.15) is 0 Å². The van der Waals surface area contributed by atoms with Crippen LogP contribution in [0, 0.1) is 0 Å². The lowest BCUT2D eigenvalue weighted by molar-refractivity contribution is 0.660. The van der Waals surface area contributed by atoms with Crippen molar-refractivity contribution in [3.8, 4) is 44.5 Å². The van der Waals surface area contributed by atoms with E-state index in [1.54, 1.807) is 0 Å². The Morgan fingerprint density at radius 1 is 0.321 bits per heavy atom. The molecule has 0 saturated carbocycles. The maximum atomic E-state index is 2.41. The van der Waals surface area contributed by atoms with Crippen LogP contribution in [0.25, 0.3) is 44.5 Å². The summed E-state index contributed by atoms with van der Waals surface area (Å²) in [6.45, 7) is 4.71. The van der Waals surface area contributed by atoms with Crippen molar-refractivity contribution in [2.75, 3.05) is 4.90 Å². The van der Waals surface area contributed by atoms with E-state index in [1.165, 1.54) is 77.9 Å². The number of rotatable bonds is 4. The molecule has 0 heterocycles. The molecule has 0 unspecified atom stereocenters. The topological polar surface area (TPSA) is 3.24 Å². The third-order valence-electron chi connectivity index (χ3n) is 12.3. The van der Waals surface area contributed by atoms with Crippen molar-refractivity contribution in [1.82, 2.24) is 0 Å². The summed E-state index contributed by atoms with van der Waals surface area (Å²) in [7, 11) is 0. The van der Waals surface area contributed by atoms with Crippen LogP contribution >= 0.6 is 0 Å². The third kappa shape index (κ3) is 4.02. The molecule has 53 heavy (non-hydrogen) atoms. The maximum absolute atomic E-state index is 2.41. The minimum absolute atomic E-state index is 0.0765. The van der Waals surface area contributed by atoms with Gasteiger partial charge >= 0.3 is 0 Å². The van der Waals surface area contributed by atoms with Crippen molar-refractivity contribution < 1.29 is 0 Å². The molecule has 250 valence electrons. The number of para-hydroxylation sites is 1. The van der Waals surface area contributed by atoms with Crippen LogP contribution in [-0.4, -0.2) is 0 Å².